The Balaban J connectivity index is 1.81. The maximum atomic E-state index is 8.91. The van der Waals surface area contributed by atoms with Crippen LogP contribution in [0.1, 0.15) is 18.5 Å². The number of nitrogens with zero attached hydrogens (tertiary/aromatic N) is 4. The van der Waals surface area contributed by atoms with E-state index in [1.807, 2.05) is 18.0 Å². The fourth-order valence-corrected chi connectivity index (χ4v) is 1.53. The fourth-order valence-electron chi connectivity index (χ4n) is 1.53. The number of anilines is 1. The molecule has 5 heteroatoms. The van der Waals surface area contributed by atoms with Gasteiger partial charge in [-0.15, -0.1) is 0 Å². The topological polar surface area (TPSA) is 62.0 Å². The molecule has 1 fully saturated rings. The molecule has 0 unspecified atom stereocenters. The monoisotopic (exact) mass is 232 g/mol. The lowest BCUT2D eigenvalue weighted by atomic mass is 10.4. The highest BCUT2D eigenvalue weighted by atomic mass is 16.5. The SMILES string of the molecule is CN(CCOCC1CC1)c1nccnc1C#N. The molecule has 1 aliphatic carbocycles. The molecular formula is C12H16N4O. The minimum Gasteiger partial charge on any atom is -0.379 e. The molecule has 90 valence electrons. The van der Waals surface area contributed by atoms with E-state index in [0.717, 1.165) is 19.1 Å². The number of aromatic nitrogens is 2. The summed E-state index contributed by atoms with van der Waals surface area (Å²) < 4.78 is 5.55. The molecule has 1 saturated carbocycles. The van der Waals surface area contributed by atoms with Crippen molar-refractivity contribution in [3.05, 3.63) is 18.1 Å². The maximum absolute atomic E-state index is 8.91. The van der Waals surface area contributed by atoms with Crippen LogP contribution in [0, 0.1) is 17.2 Å². The molecule has 0 saturated heterocycles. The van der Waals surface area contributed by atoms with Crippen molar-refractivity contribution >= 4 is 5.82 Å². The molecule has 5 nitrogen and oxygen atoms in total. The quantitative estimate of drug-likeness (QED) is 0.690. The van der Waals surface area contributed by atoms with Gasteiger partial charge in [-0.2, -0.15) is 5.26 Å². The first-order chi connectivity index (χ1) is 8.31. The van der Waals surface area contributed by atoms with Gasteiger partial charge in [-0.1, -0.05) is 0 Å². The molecule has 0 spiro atoms. The highest BCUT2D eigenvalue weighted by molar-refractivity contribution is 5.48. The fraction of sp³-hybridized carbons (Fsp3) is 0.583. The molecule has 1 aliphatic rings. The zero-order chi connectivity index (χ0) is 12.1. The number of nitriles is 1. The van der Waals surface area contributed by atoms with E-state index in [2.05, 4.69) is 9.97 Å². The molecule has 17 heavy (non-hydrogen) atoms. The third kappa shape index (κ3) is 3.40. The van der Waals surface area contributed by atoms with Gasteiger partial charge in [0.1, 0.15) is 6.07 Å². The Labute approximate surface area is 101 Å². The normalized spacial score (nSPS) is 14.4. The van der Waals surface area contributed by atoms with E-state index < -0.39 is 0 Å². The van der Waals surface area contributed by atoms with Crippen LogP contribution in [0.5, 0.6) is 0 Å². The maximum Gasteiger partial charge on any atom is 0.183 e. The van der Waals surface area contributed by atoms with Crippen molar-refractivity contribution in [3.8, 4) is 6.07 Å². The van der Waals surface area contributed by atoms with Gasteiger partial charge < -0.3 is 9.64 Å². The summed E-state index contributed by atoms with van der Waals surface area (Å²) in [6, 6.07) is 2.04. The Morgan fingerprint density at radius 1 is 1.47 bits per heavy atom. The van der Waals surface area contributed by atoms with Gasteiger partial charge >= 0.3 is 0 Å². The van der Waals surface area contributed by atoms with Gasteiger partial charge in [-0.3, -0.25) is 0 Å². The van der Waals surface area contributed by atoms with Gasteiger partial charge in [0.2, 0.25) is 0 Å². The molecule has 0 N–H and O–H groups in total. The van der Waals surface area contributed by atoms with E-state index >= 15 is 0 Å². The molecular weight excluding hydrogens is 216 g/mol. The zero-order valence-electron chi connectivity index (χ0n) is 9.96. The van der Waals surface area contributed by atoms with Gasteiger partial charge in [0.05, 0.1) is 6.61 Å². The van der Waals surface area contributed by atoms with Crippen molar-refractivity contribution in [2.75, 3.05) is 31.7 Å². The van der Waals surface area contributed by atoms with Crippen molar-refractivity contribution in [1.29, 1.82) is 5.26 Å². The van der Waals surface area contributed by atoms with Crippen LogP contribution in [-0.2, 0) is 4.74 Å². The summed E-state index contributed by atoms with van der Waals surface area (Å²) in [5, 5.41) is 8.91. The van der Waals surface area contributed by atoms with Crippen molar-refractivity contribution in [1.82, 2.24) is 9.97 Å². The highest BCUT2D eigenvalue weighted by Gasteiger charge is 2.21. The molecule has 0 radical (unpaired) electrons. The third-order valence-electron chi connectivity index (χ3n) is 2.77. The van der Waals surface area contributed by atoms with Crippen LogP contribution in [-0.4, -0.2) is 36.8 Å². The number of rotatable bonds is 6. The average molecular weight is 232 g/mol. The smallest absolute Gasteiger partial charge is 0.183 e. The van der Waals surface area contributed by atoms with E-state index in [-0.39, 0.29) is 0 Å². The van der Waals surface area contributed by atoms with Crippen LogP contribution in [0.15, 0.2) is 12.4 Å². The Hall–Kier alpha value is -1.67. The lowest BCUT2D eigenvalue weighted by Gasteiger charge is -2.18. The number of likely N-dealkylation sites (N-methyl/N-ethyl adjacent to an activating group) is 1. The first-order valence-electron chi connectivity index (χ1n) is 5.81. The summed E-state index contributed by atoms with van der Waals surface area (Å²) in [7, 11) is 1.89. The zero-order valence-corrected chi connectivity index (χ0v) is 9.96. The number of hydrogen-bond donors (Lipinski definition) is 0. The molecule has 1 heterocycles. The second kappa shape index (κ2) is 5.60. The van der Waals surface area contributed by atoms with Crippen LogP contribution in [0.25, 0.3) is 0 Å². The molecule has 2 rings (SSSR count). The molecule has 0 atom stereocenters. The molecule has 0 aliphatic heterocycles. The van der Waals surface area contributed by atoms with Gasteiger partial charge in [-0.05, 0) is 18.8 Å². The molecule has 0 amide bonds. The second-order valence-electron chi connectivity index (χ2n) is 4.28. The lowest BCUT2D eigenvalue weighted by Crippen LogP contribution is -2.25. The van der Waals surface area contributed by atoms with Crippen LogP contribution < -0.4 is 4.90 Å². The molecule has 0 aromatic carbocycles. The van der Waals surface area contributed by atoms with Crippen LogP contribution >= 0.6 is 0 Å². The highest BCUT2D eigenvalue weighted by Crippen LogP contribution is 2.28. The largest absolute Gasteiger partial charge is 0.379 e. The van der Waals surface area contributed by atoms with Gasteiger partial charge in [0, 0.05) is 32.6 Å². The van der Waals surface area contributed by atoms with E-state index in [1.165, 1.54) is 19.0 Å². The standard InChI is InChI=1S/C12H16N4O/c1-16(6-7-17-9-10-2-3-10)12-11(8-13)14-4-5-15-12/h4-5,10H,2-3,6-7,9H2,1H3. The Morgan fingerprint density at radius 2 is 2.24 bits per heavy atom. The Morgan fingerprint density at radius 3 is 2.94 bits per heavy atom. The summed E-state index contributed by atoms with van der Waals surface area (Å²) in [6.07, 6.45) is 5.73. The van der Waals surface area contributed by atoms with Gasteiger partial charge in [0.15, 0.2) is 11.5 Å². The third-order valence-corrected chi connectivity index (χ3v) is 2.77. The van der Waals surface area contributed by atoms with Crippen molar-refractivity contribution in [3.63, 3.8) is 0 Å². The van der Waals surface area contributed by atoms with Crippen molar-refractivity contribution < 1.29 is 4.74 Å². The van der Waals surface area contributed by atoms with Gasteiger partial charge in [-0.25, -0.2) is 9.97 Å². The summed E-state index contributed by atoms with van der Waals surface area (Å²) >= 11 is 0. The van der Waals surface area contributed by atoms with Crippen LogP contribution in [0.2, 0.25) is 0 Å². The Bertz CT molecular complexity index is 411. The number of ether oxygens (including phenoxy) is 1. The summed E-state index contributed by atoms with van der Waals surface area (Å²) in [6.45, 7) is 2.24. The minimum absolute atomic E-state index is 0.359. The first-order valence-corrected chi connectivity index (χ1v) is 5.81. The summed E-state index contributed by atoms with van der Waals surface area (Å²) in [5.74, 6) is 1.40. The van der Waals surface area contributed by atoms with E-state index in [0.29, 0.717) is 18.1 Å². The number of hydrogen-bond acceptors (Lipinski definition) is 5. The summed E-state index contributed by atoms with van der Waals surface area (Å²) in [5.41, 5.74) is 0.359. The van der Waals surface area contributed by atoms with E-state index in [9.17, 15) is 0 Å². The van der Waals surface area contributed by atoms with E-state index in [1.54, 1.807) is 6.20 Å². The summed E-state index contributed by atoms with van der Waals surface area (Å²) in [4.78, 5) is 10.0. The lowest BCUT2D eigenvalue weighted by molar-refractivity contribution is 0.130. The molecule has 0 bridgehead atoms. The Kier molecular flexibility index (Phi) is 3.89. The predicted molar refractivity (Wildman–Crippen MR) is 63.6 cm³/mol. The van der Waals surface area contributed by atoms with Crippen molar-refractivity contribution in [2.24, 2.45) is 5.92 Å². The minimum atomic E-state index is 0.359. The average Bonchev–Trinajstić information content (AvgIpc) is 3.18. The van der Waals surface area contributed by atoms with Gasteiger partial charge in [0.25, 0.3) is 0 Å². The van der Waals surface area contributed by atoms with Crippen LogP contribution in [0.4, 0.5) is 5.82 Å². The van der Waals surface area contributed by atoms with Crippen molar-refractivity contribution in [2.45, 2.75) is 12.8 Å². The first kappa shape index (κ1) is 11.8. The van der Waals surface area contributed by atoms with E-state index in [4.69, 9.17) is 10.00 Å². The predicted octanol–water partition coefficient (Wildman–Crippen LogP) is 1.21. The molecule has 1 aromatic heterocycles. The second-order valence-corrected chi connectivity index (χ2v) is 4.28. The van der Waals surface area contributed by atoms with Crippen LogP contribution in [0.3, 0.4) is 0 Å². The molecule has 1 aromatic rings.